The van der Waals surface area contributed by atoms with E-state index in [4.69, 9.17) is 9.57 Å². The summed E-state index contributed by atoms with van der Waals surface area (Å²) in [6.07, 6.45) is 5.21. The predicted molar refractivity (Wildman–Crippen MR) is 103 cm³/mol. The average molecular weight is 349 g/mol. The van der Waals surface area contributed by atoms with Crippen molar-refractivity contribution in [2.75, 3.05) is 6.61 Å². The summed E-state index contributed by atoms with van der Waals surface area (Å²) in [4.78, 5) is 17.0. The molecule has 1 aliphatic rings. The molecule has 0 aliphatic carbocycles. The molecule has 0 radical (unpaired) electrons. The maximum atomic E-state index is 12.1. The molecule has 0 fully saturated rings. The van der Waals surface area contributed by atoms with E-state index in [1.54, 1.807) is 6.08 Å². The average Bonchev–Trinajstić information content (AvgIpc) is 3.01. The van der Waals surface area contributed by atoms with Crippen LogP contribution in [0, 0.1) is 6.92 Å². The zero-order chi connectivity index (χ0) is 18.4. The molecule has 0 aromatic heterocycles. The molecule has 1 aliphatic heterocycles. The predicted octanol–water partition coefficient (Wildman–Crippen LogP) is 4.91. The molecule has 0 saturated carbocycles. The standard InChI is InChI=1S/C22H23NO3/c1-3-4-5-14-25-19-12-8-17(9-13-19)15-20-21(23-26-22(20)24)18-10-6-16(2)7-11-18/h6-13,15H,3-5,14H2,1-2H3/b20-15+. The number of carbonyl (C=O) groups excluding carboxylic acids is 1. The number of unbranched alkanes of at least 4 members (excludes halogenated alkanes) is 2. The fourth-order valence-electron chi connectivity index (χ4n) is 2.70. The first-order valence-corrected chi connectivity index (χ1v) is 8.98. The highest BCUT2D eigenvalue weighted by Crippen LogP contribution is 2.22. The van der Waals surface area contributed by atoms with Gasteiger partial charge in [0.05, 0.1) is 12.2 Å². The number of oxime groups is 1. The minimum atomic E-state index is -0.430. The van der Waals surface area contributed by atoms with Gasteiger partial charge in [0.2, 0.25) is 0 Å². The summed E-state index contributed by atoms with van der Waals surface area (Å²) < 4.78 is 5.72. The van der Waals surface area contributed by atoms with Gasteiger partial charge in [0.25, 0.3) is 0 Å². The van der Waals surface area contributed by atoms with E-state index >= 15 is 0 Å². The molecular formula is C22H23NO3. The zero-order valence-electron chi connectivity index (χ0n) is 15.2. The van der Waals surface area contributed by atoms with Crippen LogP contribution in [0.1, 0.15) is 42.9 Å². The molecule has 2 aromatic rings. The molecule has 0 amide bonds. The van der Waals surface area contributed by atoms with Crippen LogP contribution in [0.25, 0.3) is 6.08 Å². The fraction of sp³-hybridized carbons (Fsp3) is 0.273. The van der Waals surface area contributed by atoms with Gasteiger partial charge in [-0.05, 0) is 37.1 Å². The van der Waals surface area contributed by atoms with Crippen molar-refractivity contribution in [1.82, 2.24) is 0 Å². The highest BCUT2D eigenvalue weighted by atomic mass is 16.7. The van der Waals surface area contributed by atoms with E-state index in [-0.39, 0.29) is 0 Å². The van der Waals surface area contributed by atoms with Crippen molar-refractivity contribution in [3.8, 4) is 5.75 Å². The summed E-state index contributed by atoms with van der Waals surface area (Å²) in [5, 5.41) is 3.94. The second-order valence-electron chi connectivity index (χ2n) is 6.37. The third-order valence-corrected chi connectivity index (χ3v) is 4.23. The van der Waals surface area contributed by atoms with E-state index in [1.165, 1.54) is 12.8 Å². The quantitative estimate of drug-likeness (QED) is 0.405. The number of hydrogen-bond donors (Lipinski definition) is 0. The van der Waals surface area contributed by atoms with E-state index in [0.29, 0.717) is 11.3 Å². The van der Waals surface area contributed by atoms with Gasteiger partial charge in [-0.3, -0.25) is 0 Å². The molecule has 1 heterocycles. The molecule has 0 atom stereocenters. The topological polar surface area (TPSA) is 47.9 Å². The van der Waals surface area contributed by atoms with Gasteiger partial charge < -0.3 is 9.57 Å². The lowest BCUT2D eigenvalue weighted by atomic mass is 10.00. The van der Waals surface area contributed by atoms with Crippen LogP contribution in [0.3, 0.4) is 0 Å². The second kappa shape index (κ2) is 8.48. The van der Waals surface area contributed by atoms with E-state index in [9.17, 15) is 4.79 Å². The Hall–Kier alpha value is -2.88. The van der Waals surface area contributed by atoms with Gasteiger partial charge >= 0.3 is 5.97 Å². The minimum absolute atomic E-state index is 0.430. The van der Waals surface area contributed by atoms with Crippen molar-refractivity contribution >= 4 is 17.8 Å². The Morgan fingerprint density at radius 1 is 1.04 bits per heavy atom. The molecule has 3 rings (SSSR count). The molecule has 0 unspecified atom stereocenters. The molecule has 0 saturated heterocycles. The lowest BCUT2D eigenvalue weighted by Crippen LogP contribution is -2.06. The van der Waals surface area contributed by atoms with Crippen LogP contribution in [-0.4, -0.2) is 18.3 Å². The van der Waals surface area contributed by atoms with Gasteiger partial charge in [0.1, 0.15) is 11.5 Å². The Balaban J connectivity index is 1.74. The first-order chi connectivity index (χ1) is 12.7. The first-order valence-electron chi connectivity index (χ1n) is 8.98. The molecule has 26 heavy (non-hydrogen) atoms. The number of hydrogen-bond acceptors (Lipinski definition) is 4. The Bertz CT molecular complexity index is 817. The van der Waals surface area contributed by atoms with Gasteiger partial charge in [-0.1, -0.05) is 66.9 Å². The Labute approximate surface area is 154 Å². The van der Waals surface area contributed by atoms with Crippen molar-refractivity contribution < 1.29 is 14.4 Å². The third kappa shape index (κ3) is 4.39. The molecule has 4 heteroatoms. The number of aryl methyl sites for hydroxylation is 1. The van der Waals surface area contributed by atoms with Gasteiger partial charge in [-0.15, -0.1) is 0 Å². The lowest BCUT2D eigenvalue weighted by Gasteiger charge is -2.06. The van der Waals surface area contributed by atoms with Gasteiger partial charge in [-0.2, -0.15) is 0 Å². The third-order valence-electron chi connectivity index (χ3n) is 4.23. The highest BCUT2D eigenvalue weighted by Gasteiger charge is 2.26. The van der Waals surface area contributed by atoms with E-state index in [1.807, 2.05) is 55.5 Å². The van der Waals surface area contributed by atoms with Crippen LogP contribution in [0.15, 0.2) is 59.3 Å². The summed E-state index contributed by atoms with van der Waals surface area (Å²) in [5.41, 5.74) is 3.95. The van der Waals surface area contributed by atoms with Crippen LogP contribution in [0.5, 0.6) is 5.75 Å². The highest BCUT2D eigenvalue weighted by molar-refractivity contribution is 6.31. The smallest absolute Gasteiger partial charge is 0.368 e. The maximum absolute atomic E-state index is 12.1. The first kappa shape index (κ1) is 17.9. The fourth-order valence-corrected chi connectivity index (χ4v) is 2.70. The van der Waals surface area contributed by atoms with Crippen molar-refractivity contribution in [3.05, 3.63) is 70.8 Å². The second-order valence-corrected chi connectivity index (χ2v) is 6.37. The van der Waals surface area contributed by atoms with Crippen LogP contribution < -0.4 is 4.74 Å². The molecular weight excluding hydrogens is 326 g/mol. The largest absolute Gasteiger partial charge is 0.494 e. The summed E-state index contributed by atoms with van der Waals surface area (Å²) >= 11 is 0. The maximum Gasteiger partial charge on any atom is 0.368 e. The van der Waals surface area contributed by atoms with Crippen LogP contribution in [-0.2, 0) is 9.63 Å². The number of benzene rings is 2. The monoisotopic (exact) mass is 349 g/mol. The summed E-state index contributed by atoms with van der Waals surface area (Å²) in [7, 11) is 0. The van der Waals surface area contributed by atoms with E-state index in [0.717, 1.165) is 35.5 Å². The molecule has 0 spiro atoms. The van der Waals surface area contributed by atoms with Crippen molar-refractivity contribution in [2.24, 2.45) is 5.16 Å². The van der Waals surface area contributed by atoms with Gasteiger partial charge in [0.15, 0.2) is 0 Å². The van der Waals surface area contributed by atoms with Gasteiger partial charge in [0, 0.05) is 5.56 Å². The van der Waals surface area contributed by atoms with Crippen molar-refractivity contribution in [2.45, 2.75) is 33.1 Å². The number of carbonyl (C=O) groups is 1. The minimum Gasteiger partial charge on any atom is -0.494 e. The van der Waals surface area contributed by atoms with Crippen LogP contribution in [0.4, 0.5) is 0 Å². The Kier molecular flexibility index (Phi) is 5.84. The van der Waals surface area contributed by atoms with Crippen LogP contribution in [0.2, 0.25) is 0 Å². The molecule has 2 aromatic carbocycles. The lowest BCUT2D eigenvalue weighted by molar-refractivity contribution is -0.136. The van der Waals surface area contributed by atoms with Crippen molar-refractivity contribution in [3.63, 3.8) is 0 Å². The summed E-state index contributed by atoms with van der Waals surface area (Å²) in [6.45, 7) is 4.92. The normalized spacial score (nSPS) is 15.1. The number of nitrogens with zero attached hydrogens (tertiary/aromatic N) is 1. The SMILES string of the molecule is CCCCCOc1ccc(/C=C2/C(=O)ON=C2c2ccc(C)cc2)cc1. The van der Waals surface area contributed by atoms with E-state index in [2.05, 4.69) is 12.1 Å². The van der Waals surface area contributed by atoms with Crippen LogP contribution >= 0.6 is 0 Å². The number of ether oxygens (including phenoxy) is 1. The molecule has 0 bridgehead atoms. The number of rotatable bonds is 7. The Morgan fingerprint density at radius 3 is 2.46 bits per heavy atom. The van der Waals surface area contributed by atoms with Gasteiger partial charge in [-0.25, -0.2) is 4.79 Å². The molecule has 134 valence electrons. The van der Waals surface area contributed by atoms with Crippen molar-refractivity contribution in [1.29, 1.82) is 0 Å². The summed E-state index contributed by atoms with van der Waals surface area (Å²) in [6, 6.07) is 15.6. The molecule has 4 nitrogen and oxygen atoms in total. The zero-order valence-corrected chi connectivity index (χ0v) is 15.2. The van der Waals surface area contributed by atoms with E-state index < -0.39 is 5.97 Å². The molecule has 0 N–H and O–H groups in total. The summed E-state index contributed by atoms with van der Waals surface area (Å²) in [5.74, 6) is 0.408. The Morgan fingerprint density at radius 2 is 1.77 bits per heavy atom.